The van der Waals surface area contributed by atoms with Crippen LogP contribution in [0.2, 0.25) is 0 Å². The third-order valence-corrected chi connectivity index (χ3v) is 4.97. The number of hydrogen-bond acceptors (Lipinski definition) is 6. The molecule has 0 radical (unpaired) electrons. The van der Waals surface area contributed by atoms with Crippen LogP contribution in [-0.2, 0) is 9.47 Å². The fourth-order valence-corrected chi connectivity index (χ4v) is 3.42. The summed E-state index contributed by atoms with van der Waals surface area (Å²) >= 11 is 0. The molecule has 2 saturated heterocycles. The van der Waals surface area contributed by atoms with Gasteiger partial charge >= 0.3 is 5.63 Å². The summed E-state index contributed by atoms with van der Waals surface area (Å²) in [5.41, 5.74) is -0.484. The number of para-hydroxylation sites is 1. The maximum absolute atomic E-state index is 12.8. The second-order valence-corrected chi connectivity index (χ2v) is 7.46. The number of carbonyl (C=O) groups excluding carboxylic acids is 1. The third kappa shape index (κ3) is 2.77. The number of likely N-dealkylation sites (tertiary alicyclic amines) is 1. The van der Waals surface area contributed by atoms with E-state index in [2.05, 4.69) is 0 Å². The van der Waals surface area contributed by atoms with Crippen LogP contribution in [-0.4, -0.2) is 50.0 Å². The smallest absolute Gasteiger partial charge is 0.349 e. The van der Waals surface area contributed by atoms with Crippen molar-refractivity contribution in [2.75, 3.05) is 33.4 Å². The Morgan fingerprint density at radius 3 is 2.54 bits per heavy atom. The summed E-state index contributed by atoms with van der Waals surface area (Å²) in [5, 5.41) is 0.647. The highest BCUT2D eigenvalue weighted by Gasteiger charge is 2.50. The Morgan fingerprint density at radius 1 is 1.19 bits per heavy atom. The fraction of sp³-hybridized carbons (Fsp3) is 0.474. The molecule has 0 saturated carbocycles. The molecule has 0 aliphatic carbocycles. The van der Waals surface area contributed by atoms with Crippen molar-refractivity contribution in [3.63, 3.8) is 0 Å². The monoisotopic (exact) mass is 359 g/mol. The molecule has 26 heavy (non-hydrogen) atoms. The van der Waals surface area contributed by atoms with E-state index in [1.165, 1.54) is 7.11 Å². The number of benzene rings is 1. The number of methoxy groups -OCH3 is 1. The Morgan fingerprint density at radius 2 is 1.88 bits per heavy atom. The third-order valence-electron chi connectivity index (χ3n) is 4.97. The van der Waals surface area contributed by atoms with E-state index in [0.717, 1.165) is 0 Å². The summed E-state index contributed by atoms with van der Waals surface area (Å²) in [6, 6.07) is 6.83. The van der Waals surface area contributed by atoms with Crippen molar-refractivity contribution in [3.05, 3.63) is 40.2 Å². The van der Waals surface area contributed by atoms with Crippen LogP contribution in [0.25, 0.3) is 11.0 Å². The van der Waals surface area contributed by atoms with E-state index in [0.29, 0.717) is 43.0 Å². The van der Waals surface area contributed by atoms with Crippen LogP contribution in [0.3, 0.4) is 0 Å². The van der Waals surface area contributed by atoms with Crippen molar-refractivity contribution in [1.29, 1.82) is 0 Å². The Kier molecular flexibility index (Phi) is 3.82. The first-order valence-corrected chi connectivity index (χ1v) is 8.51. The Bertz CT molecular complexity index is 913. The summed E-state index contributed by atoms with van der Waals surface area (Å²) in [7, 11) is 1.50. The molecule has 1 spiro atoms. The van der Waals surface area contributed by atoms with E-state index < -0.39 is 11.4 Å². The molecule has 0 N–H and O–H groups in total. The summed E-state index contributed by atoms with van der Waals surface area (Å²) in [6.07, 6.45) is 0. The fourth-order valence-electron chi connectivity index (χ4n) is 3.42. The van der Waals surface area contributed by atoms with Crippen LogP contribution in [0.15, 0.2) is 33.5 Å². The van der Waals surface area contributed by atoms with E-state index in [-0.39, 0.29) is 16.9 Å². The second-order valence-electron chi connectivity index (χ2n) is 7.46. The summed E-state index contributed by atoms with van der Waals surface area (Å²) in [6.45, 7) is 5.81. The van der Waals surface area contributed by atoms with Gasteiger partial charge in [0.05, 0.1) is 25.7 Å². The molecule has 4 rings (SSSR count). The molecular weight excluding hydrogens is 338 g/mol. The molecular formula is C19H21NO6. The quantitative estimate of drug-likeness (QED) is 0.764. The number of ether oxygens (including phenoxy) is 3. The second kappa shape index (κ2) is 5.82. The molecule has 1 aromatic heterocycles. The van der Waals surface area contributed by atoms with Crippen LogP contribution >= 0.6 is 0 Å². The van der Waals surface area contributed by atoms with E-state index >= 15 is 0 Å². The Balaban J connectivity index is 1.55. The van der Waals surface area contributed by atoms with Gasteiger partial charge in [-0.1, -0.05) is 12.1 Å². The predicted octanol–water partition coefficient (Wildman–Crippen LogP) is 2.03. The zero-order valence-corrected chi connectivity index (χ0v) is 15.0. The summed E-state index contributed by atoms with van der Waals surface area (Å²) in [5.74, 6) is -0.465. The van der Waals surface area contributed by atoms with Gasteiger partial charge < -0.3 is 23.5 Å². The van der Waals surface area contributed by atoms with Crippen molar-refractivity contribution in [1.82, 2.24) is 4.90 Å². The average molecular weight is 359 g/mol. The lowest BCUT2D eigenvalue weighted by atomic mass is 9.80. The number of rotatable bonds is 2. The SMILES string of the molecule is COc1cccc2cc(C(=O)N3CC4(COC(C)(C)OC4)C3)c(=O)oc12. The van der Waals surface area contributed by atoms with Crippen LogP contribution in [0.5, 0.6) is 5.75 Å². The largest absolute Gasteiger partial charge is 0.493 e. The van der Waals surface area contributed by atoms with Gasteiger partial charge in [-0.05, 0) is 26.0 Å². The highest BCUT2D eigenvalue weighted by Crippen LogP contribution is 2.38. The molecule has 138 valence electrons. The number of amides is 1. The van der Waals surface area contributed by atoms with Gasteiger partial charge in [-0.2, -0.15) is 0 Å². The first kappa shape index (κ1) is 17.1. The van der Waals surface area contributed by atoms with Gasteiger partial charge in [-0.3, -0.25) is 4.79 Å². The van der Waals surface area contributed by atoms with Gasteiger partial charge in [-0.25, -0.2) is 4.79 Å². The highest BCUT2D eigenvalue weighted by atomic mass is 16.7. The molecule has 2 aliphatic heterocycles. The Labute approximate surface area is 150 Å². The molecule has 3 heterocycles. The zero-order valence-electron chi connectivity index (χ0n) is 15.0. The number of carbonyl (C=O) groups is 1. The summed E-state index contributed by atoms with van der Waals surface area (Å²) < 4.78 is 22.0. The molecule has 7 heteroatoms. The number of nitrogens with zero attached hydrogens (tertiary/aromatic N) is 1. The predicted molar refractivity (Wildman–Crippen MR) is 93.4 cm³/mol. The lowest BCUT2D eigenvalue weighted by Crippen LogP contribution is -2.66. The Hall–Kier alpha value is -2.38. The van der Waals surface area contributed by atoms with Gasteiger partial charge in [0.1, 0.15) is 5.56 Å². The van der Waals surface area contributed by atoms with Gasteiger partial charge in [0.25, 0.3) is 5.91 Å². The average Bonchev–Trinajstić information content (AvgIpc) is 2.58. The standard InChI is InChI=1S/C19H21NO6/c1-18(2)24-10-19(11-25-18)8-20(9-19)16(21)13-7-12-5-4-6-14(23-3)15(12)26-17(13)22/h4-7H,8-11H2,1-3H3. The molecule has 2 fully saturated rings. The van der Waals surface area contributed by atoms with Crippen molar-refractivity contribution in [3.8, 4) is 5.75 Å². The zero-order chi connectivity index (χ0) is 18.5. The minimum absolute atomic E-state index is 0.0265. The maximum Gasteiger partial charge on any atom is 0.349 e. The lowest BCUT2D eigenvalue weighted by Gasteiger charge is -2.53. The van der Waals surface area contributed by atoms with Crippen molar-refractivity contribution < 1.29 is 23.4 Å². The molecule has 1 aromatic carbocycles. The van der Waals surface area contributed by atoms with E-state index in [1.807, 2.05) is 13.8 Å². The van der Waals surface area contributed by atoms with E-state index in [9.17, 15) is 9.59 Å². The molecule has 2 aliphatic rings. The van der Waals surface area contributed by atoms with Crippen molar-refractivity contribution in [2.45, 2.75) is 19.6 Å². The topological polar surface area (TPSA) is 78.2 Å². The minimum Gasteiger partial charge on any atom is -0.493 e. The first-order valence-electron chi connectivity index (χ1n) is 8.51. The minimum atomic E-state index is -0.662. The van der Waals surface area contributed by atoms with Crippen LogP contribution in [0.4, 0.5) is 0 Å². The number of fused-ring (bicyclic) bond motifs is 1. The van der Waals surface area contributed by atoms with Gasteiger partial charge in [0, 0.05) is 18.5 Å². The normalized spacial score (nSPS) is 20.8. The van der Waals surface area contributed by atoms with Crippen molar-refractivity contribution >= 4 is 16.9 Å². The molecule has 0 bridgehead atoms. The number of hydrogen-bond donors (Lipinski definition) is 0. The molecule has 0 unspecified atom stereocenters. The van der Waals surface area contributed by atoms with Gasteiger partial charge in [0.15, 0.2) is 17.1 Å². The van der Waals surface area contributed by atoms with Crippen LogP contribution in [0.1, 0.15) is 24.2 Å². The molecule has 1 amide bonds. The van der Waals surface area contributed by atoms with E-state index in [4.69, 9.17) is 18.6 Å². The van der Waals surface area contributed by atoms with Crippen LogP contribution in [0, 0.1) is 5.41 Å². The maximum atomic E-state index is 12.8. The first-order chi connectivity index (χ1) is 12.3. The highest BCUT2D eigenvalue weighted by molar-refractivity contribution is 5.97. The lowest BCUT2D eigenvalue weighted by molar-refractivity contribution is -0.301. The molecule has 7 nitrogen and oxygen atoms in total. The van der Waals surface area contributed by atoms with Gasteiger partial charge in [-0.15, -0.1) is 0 Å². The van der Waals surface area contributed by atoms with Crippen LogP contribution < -0.4 is 10.4 Å². The molecule has 2 aromatic rings. The van der Waals surface area contributed by atoms with E-state index in [1.54, 1.807) is 29.2 Å². The molecule has 0 atom stereocenters. The van der Waals surface area contributed by atoms with Gasteiger partial charge in [0.2, 0.25) is 0 Å². The summed E-state index contributed by atoms with van der Waals surface area (Å²) in [4.78, 5) is 26.7. The van der Waals surface area contributed by atoms with Crippen molar-refractivity contribution in [2.24, 2.45) is 5.41 Å².